The van der Waals surface area contributed by atoms with Gasteiger partial charge in [-0.05, 0) is 13.0 Å². The molecular formula is C10H19N3O2S. The maximum absolute atomic E-state index is 11.2. The summed E-state index contributed by atoms with van der Waals surface area (Å²) in [4.78, 5) is 11.2. The van der Waals surface area contributed by atoms with Crippen molar-refractivity contribution in [2.75, 3.05) is 25.9 Å². The summed E-state index contributed by atoms with van der Waals surface area (Å²) in [5.74, 6) is -0.111. The molecule has 0 bridgehead atoms. The monoisotopic (exact) mass is 245 g/mol. The van der Waals surface area contributed by atoms with E-state index >= 15 is 0 Å². The Morgan fingerprint density at radius 1 is 1.50 bits per heavy atom. The van der Waals surface area contributed by atoms with Gasteiger partial charge in [-0.3, -0.25) is 9.00 Å². The number of carbonyl (C=O) groups excluding carboxylic acids is 1. The fourth-order valence-corrected chi connectivity index (χ4v) is 1.44. The van der Waals surface area contributed by atoms with Crippen LogP contribution in [0.1, 0.15) is 19.8 Å². The molecule has 92 valence electrons. The summed E-state index contributed by atoms with van der Waals surface area (Å²) in [5, 5.41) is 14.0. The lowest BCUT2D eigenvalue weighted by Crippen LogP contribution is -2.35. The van der Waals surface area contributed by atoms with Gasteiger partial charge in [-0.25, -0.2) is 0 Å². The summed E-state index contributed by atoms with van der Waals surface area (Å²) < 4.78 is 11.0. The van der Waals surface area contributed by atoms with Gasteiger partial charge in [0.1, 0.15) is 0 Å². The van der Waals surface area contributed by atoms with Gasteiger partial charge in [-0.1, -0.05) is 6.92 Å². The van der Waals surface area contributed by atoms with Gasteiger partial charge < -0.3 is 10.6 Å². The maximum atomic E-state index is 11.2. The molecule has 5 nitrogen and oxygen atoms in total. The fraction of sp³-hybridized carbons (Fsp3) is 0.800. The third kappa shape index (κ3) is 8.38. The predicted octanol–water partition coefficient (Wildman–Crippen LogP) is -0.237. The van der Waals surface area contributed by atoms with Gasteiger partial charge in [0.05, 0.1) is 19.0 Å². The molecule has 0 spiro atoms. The van der Waals surface area contributed by atoms with Gasteiger partial charge in [-0.2, -0.15) is 5.26 Å². The number of nitrogens with one attached hydrogen (secondary N) is 2. The molecule has 0 aliphatic rings. The van der Waals surface area contributed by atoms with Crippen LogP contribution in [0, 0.1) is 11.3 Å². The molecule has 2 atom stereocenters. The molecule has 0 aromatic heterocycles. The molecule has 0 aliphatic heterocycles. The van der Waals surface area contributed by atoms with Crippen LogP contribution in [-0.2, 0) is 15.6 Å². The van der Waals surface area contributed by atoms with E-state index in [1.54, 1.807) is 6.26 Å². The molecule has 0 fully saturated rings. The second-order valence-corrected chi connectivity index (χ2v) is 5.33. The topological polar surface area (TPSA) is 82.0 Å². The van der Waals surface area contributed by atoms with Crippen molar-refractivity contribution < 1.29 is 9.00 Å². The van der Waals surface area contributed by atoms with E-state index in [0.29, 0.717) is 19.5 Å². The smallest absolute Gasteiger partial charge is 0.233 e. The van der Waals surface area contributed by atoms with Crippen LogP contribution in [0.4, 0.5) is 0 Å². The van der Waals surface area contributed by atoms with E-state index in [9.17, 15) is 9.00 Å². The van der Waals surface area contributed by atoms with E-state index < -0.39 is 10.8 Å². The van der Waals surface area contributed by atoms with Crippen LogP contribution >= 0.6 is 0 Å². The molecule has 0 heterocycles. The average Bonchev–Trinajstić information content (AvgIpc) is 2.24. The van der Waals surface area contributed by atoms with Gasteiger partial charge >= 0.3 is 0 Å². The number of rotatable bonds is 8. The second-order valence-electron chi connectivity index (χ2n) is 3.53. The van der Waals surface area contributed by atoms with E-state index in [2.05, 4.69) is 10.6 Å². The highest BCUT2D eigenvalue weighted by Crippen LogP contribution is 1.96. The summed E-state index contributed by atoms with van der Waals surface area (Å²) in [6.07, 6.45) is 2.80. The lowest BCUT2D eigenvalue weighted by molar-refractivity contribution is -0.120. The molecule has 0 rings (SSSR count). The van der Waals surface area contributed by atoms with Crippen molar-refractivity contribution >= 4 is 16.7 Å². The average molecular weight is 245 g/mol. The minimum Gasteiger partial charge on any atom is -0.354 e. The number of amides is 1. The standard InChI is InChI=1S/C10H19N3O2S/c1-9(16(2)15)4-7-12-8-10(14)13-6-3-5-11/h9,12H,3-4,6-8H2,1-2H3,(H,13,14). The van der Waals surface area contributed by atoms with Crippen LogP contribution in [0.5, 0.6) is 0 Å². The summed E-state index contributed by atoms with van der Waals surface area (Å²) in [7, 11) is -0.807. The Morgan fingerprint density at radius 2 is 2.19 bits per heavy atom. The van der Waals surface area contributed by atoms with Crippen LogP contribution in [0.15, 0.2) is 0 Å². The van der Waals surface area contributed by atoms with E-state index in [0.717, 1.165) is 6.42 Å². The Labute approximate surface area is 99.1 Å². The third-order valence-corrected chi connectivity index (χ3v) is 3.51. The Kier molecular flexibility index (Phi) is 8.77. The van der Waals surface area contributed by atoms with Crippen LogP contribution in [0.2, 0.25) is 0 Å². The second kappa shape index (κ2) is 9.31. The molecule has 0 aliphatic carbocycles. The molecule has 0 radical (unpaired) electrons. The van der Waals surface area contributed by atoms with Crippen molar-refractivity contribution in [3.8, 4) is 6.07 Å². The first-order valence-corrected chi connectivity index (χ1v) is 6.86. The third-order valence-electron chi connectivity index (χ3n) is 2.14. The van der Waals surface area contributed by atoms with Gasteiger partial charge in [0.2, 0.25) is 5.91 Å². The first-order valence-electron chi connectivity index (χ1n) is 5.24. The molecule has 0 saturated heterocycles. The maximum Gasteiger partial charge on any atom is 0.233 e. The number of nitrogens with zero attached hydrogens (tertiary/aromatic N) is 1. The van der Waals surface area contributed by atoms with Crippen molar-refractivity contribution in [2.24, 2.45) is 0 Å². The van der Waals surface area contributed by atoms with Gasteiger partial charge in [0.25, 0.3) is 0 Å². The quantitative estimate of drug-likeness (QED) is 0.578. The molecule has 16 heavy (non-hydrogen) atoms. The molecule has 2 unspecified atom stereocenters. The molecule has 0 saturated carbocycles. The summed E-state index contributed by atoms with van der Waals surface area (Å²) in [6.45, 7) is 3.23. The highest BCUT2D eigenvalue weighted by atomic mass is 32.2. The van der Waals surface area contributed by atoms with E-state index in [-0.39, 0.29) is 17.7 Å². The minimum absolute atomic E-state index is 0.111. The molecule has 6 heteroatoms. The largest absolute Gasteiger partial charge is 0.354 e. The summed E-state index contributed by atoms with van der Waals surface area (Å²) in [5.41, 5.74) is 0. The van der Waals surface area contributed by atoms with E-state index in [1.165, 1.54) is 0 Å². The Hall–Kier alpha value is -0.930. The van der Waals surface area contributed by atoms with Crippen molar-refractivity contribution in [3.05, 3.63) is 0 Å². The zero-order chi connectivity index (χ0) is 12.4. The number of carbonyl (C=O) groups is 1. The predicted molar refractivity (Wildman–Crippen MR) is 64.3 cm³/mol. The van der Waals surface area contributed by atoms with E-state index in [4.69, 9.17) is 5.26 Å². The molecule has 0 aromatic rings. The molecule has 2 N–H and O–H groups in total. The lowest BCUT2D eigenvalue weighted by atomic mass is 10.3. The van der Waals surface area contributed by atoms with Crippen LogP contribution in [0.3, 0.4) is 0 Å². The Bertz CT molecular complexity index is 276. The normalized spacial score (nSPS) is 13.8. The van der Waals surface area contributed by atoms with Crippen LogP contribution < -0.4 is 10.6 Å². The van der Waals surface area contributed by atoms with Gasteiger partial charge in [0, 0.05) is 28.9 Å². The Balaban J connectivity index is 3.41. The zero-order valence-electron chi connectivity index (χ0n) is 9.78. The van der Waals surface area contributed by atoms with Crippen molar-refractivity contribution in [2.45, 2.75) is 25.0 Å². The first-order chi connectivity index (χ1) is 7.57. The first kappa shape index (κ1) is 15.1. The minimum atomic E-state index is -0.807. The zero-order valence-corrected chi connectivity index (χ0v) is 10.6. The summed E-state index contributed by atoms with van der Waals surface area (Å²) in [6, 6.07) is 1.95. The molecule has 0 aromatic carbocycles. The lowest BCUT2D eigenvalue weighted by Gasteiger charge is -2.09. The van der Waals surface area contributed by atoms with Crippen LogP contribution in [0.25, 0.3) is 0 Å². The molecular weight excluding hydrogens is 226 g/mol. The van der Waals surface area contributed by atoms with E-state index in [1.807, 2.05) is 13.0 Å². The Morgan fingerprint density at radius 3 is 2.75 bits per heavy atom. The van der Waals surface area contributed by atoms with Crippen molar-refractivity contribution in [1.29, 1.82) is 5.26 Å². The van der Waals surface area contributed by atoms with Gasteiger partial charge in [0.15, 0.2) is 0 Å². The fourth-order valence-electron chi connectivity index (χ4n) is 0.994. The number of hydrogen-bond donors (Lipinski definition) is 2. The SMILES string of the molecule is CC(CCNCC(=O)NCCC#N)S(C)=O. The van der Waals surface area contributed by atoms with Crippen molar-refractivity contribution in [3.63, 3.8) is 0 Å². The summed E-state index contributed by atoms with van der Waals surface area (Å²) >= 11 is 0. The molecule has 1 amide bonds. The van der Waals surface area contributed by atoms with Crippen molar-refractivity contribution in [1.82, 2.24) is 10.6 Å². The number of hydrogen-bond acceptors (Lipinski definition) is 4. The van der Waals surface area contributed by atoms with Crippen LogP contribution in [-0.4, -0.2) is 41.3 Å². The number of nitriles is 1. The highest BCUT2D eigenvalue weighted by molar-refractivity contribution is 7.84. The highest BCUT2D eigenvalue weighted by Gasteiger charge is 2.05. The van der Waals surface area contributed by atoms with Gasteiger partial charge in [-0.15, -0.1) is 0 Å².